The molecule has 3 aromatic rings. The molecular weight excluding hydrogens is 517 g/mol. The lowest BCUT2D eigenvalue weighted by atomic mass is 9.90. The summed E-state index contributed by atoms with van der Waals surface area (Å²) in [5.41, 5.74) is -5.07. The van der Waals surface area contributed by atoms with Gasteiger partial charge in [-0.1, -0.05) is 24.3 Å². The van der Waals surface area contributed by atoms with Crippen molar-refractivity contribution in [3.05, 3.63) is 70.9 Å². The largest absolute Gasteiger partial charge is 0.430 e. The summed E-state index contributed by atoms with van der Waals surface area (Å²) in [4.78, 5) is 1.77. The second kappa shape index (κ2) is 8.67. The predicted molar refractivity (Wildman–Crippen MR) is 115 cm³/mol. The molecule has 1 unspecified atom stereocenters. The number of hydrogen-bond donors (Lipinski definition) is 1. The molecule has 1 atom stereocenters. The average Bonchev–Trinajstić information content (AvgIpc) is 3.30. The molecule has 0 saturated heterocycles. The molecule has 0 bridgehead atoms. The number of nitrogens with zero attached hydrogens (tertiary/aromatic N) is 3. The molecule has 1 aliphatic heterocycles. The van der Waals surface area contributed by atoms with Gasteiger partial charge in [0.1, 0.15) is 0 Å². The van der Waals surface area contributed by atoms with Gasteiger partial charge in [0.05, 0.1) is 23.5 Å². The second-order valence-electron chi connectivity index (χ2n) is 8.95. The topological polar surface area (TPSA) is 41.3 Å². The highest BCUT2D eigenvalue weighted by Crippen LogP contribution is 2.51. The summed E-state index contributed by atoms with van der Waals surface area (Å²) in [7, 11) is 1.61. The fourth-order valence-electron chi connectivity index (χ4n) is 4.45. The molecule has 0 spiro atoms. The Balaban J connectivity index is 1.62. The first-order chi connectivity index (χ1) is 16.9. The summed E-state index contributed by atoms with van der Waals surface area (Å²) in [6, 6.07) is 8.23. The Bertz CT molecular complexity index is 1280. The first kappa shape index (κ1) is 26.8. The van der Waals surface area contributed by atoms with Crippen molar-refractivity contribution in [2.45, 2.75) is 50.1 Å². The maximum absolute atomic E-state index is 13.3. The molecule has 0 aliphatic carbocycles. The molecule has 1 aliphatic rings. The van der Waals surface area contributed by atoms with Crippen LogP contribution in [0.2, 0.25) is 0 Å². The van der Waals surface area contributed by atoms with Gasteiger partial charge < -0.3 is 10.0 Å². The van der Waals surface area contributed by atoms with Crippen LogP contribution in [0, 0.1) is 0 Å². The molecule has 37 heavy (non-hydrogen) atoms. The van der Waals surface area contributed by atoms with Gasteiger partial charge in [0.15, 0.2) is 0 Å². The van der Waals surface area contributed by atoms with Crippen LogP contribution in [0.5, 0.6) is 0 Å². The van der Waals surface area contributed by atoms with Crippen molar-refractivity contribution in [3.8, 4) is 11.3 Å². The van der Waals surface area contributed by atoms with E-state index in [1.807, 2.05) is 0 Å². The Labute approximate surface area is 204 Å². The van der Waals surface area contributed by atoms with Gasteiger partial charge in [-0.3, -0.25) is 4.68 Å². The number of anilines is 1. The first-order valence-corrected chi connectivity index (χ1v) is 10.9. The normalized spacial score (nSPS) is 16.9. The van der Waals surface area contributed by atoms with Crippen molar-refractivity contribution in [3.63, 3.8) is 0 Å². The fourth-order valence-corrected chi connectivity index (χ4v) is 4.45. The molecule has 1 N–H and O–H groups in total. The molecule has 1 aromatic heterocycles. The Morgan fingerprint density at radius 1 is 0.865 bits per heavy atom. The maximum atomic E-state index is 13.3. The zero-order valence-corrected chi connectivity index (χ0v) is 19.3. The molecule has 0 amide bonds. The van der Waals surface area contributed by atoms with Crippen LogP contribution >= 0.6 is 0 Å². The summed E-state index contributed by atoms with van der Waals surface area (Å²) in [5.74, 6) is 0. The summed E-state index contributed by atoms with van der Waals surface area (Å²) in [6.07, 6.45) is -16.3. The van der Waals surface area contributed by atoms with Gasteiger partial charge in [-0.2, -0.15) is 44.6 Å². The van der Waals surface area contributed by atoms with E-state index in [-0.39, 0.29) is 24.6 Å². The summed E-state index contributed by atoms with van der Waals surface area (Å²) >= 11 is 0. The van der Waals surface area contributed by atoms with Gasteiger partial charge in [-0.25, -0.2) is 0 Å². The van der Waals surface area contributed by atoms with Crippen molar-refractivity contribution in [2.75, 3.05) is 4.90 Å². The van der Waals surface area contributed by atoms with Crippen LogP contribution in [-0.2, 0) is 31.8 Å². The molecule has 4 nitrogen and oxygen atoms in total. The molecule has 13 heteroatoms. The van der Waals surface area contributed by atoms with Gasteiger partial charge in [-0.15, -0.1) is 0 Å². The Morgan fingerprint density at radius 3 is 1.97 bits per heavy atom. The van der Waals surface area contributed by atoms with Gasteiger partial charge in [0.2, 0.25) is 0 Å². The quantitative estimate of drug-likeness (QED) is 0.394. The van der Waals surface area contributed by atoms with Crippen molar-refractivity contribution >= 4 is 5.69 Å². The number of aryl methyl sites for hydroxylation is 1. The minimum Gasteiger partial charge on any atom is -0.369 e. The van der Waals surface area contributed by atoms with Crippen molar-refractivity contribution in [1.82, 2.24) is 9.78 Å². The third-order valence-electron chi connectivity index (χ3n) is 6.49. The third kappa shape index (κ3) is 4.64. The lowest BCUT2D eigenvalue weighted by Crippen LogP contribution is -2.53. The fraction of sp³-hybridized carbons (Fsp3) is 0.375. The van der Waals surface area contributed by atoms with E-state index in [9.17, 15) is 44.6 Å². The zero-order chi connectivity index (χ0) is 27.6. The lowest BCUT2D eigenvalue weighted by Gasteiger charge is -2.33. The number of halogens is 9. The van der Waals surface area contributed by atoms with E-state index in [0.29, 0.717) is 28.7 Å². The minimum atomic E-state index is -5.98. The molecular formula is C24H20F9N3O. The highest BCUT2D eigenvalue weighted by Gasteiger charge is 2.71. The van der Waals surface area contributed by atoms with Crippen molar-refractivity contribution in [1.29, 1.82) is 0 Å². The Morgan fingerprint density at radius 2 is 1.43 bits per heavy atom. The third-order valence-corrected chi connectivity index (χ3v) is 6.49. The zero-order valence-electron chi connectivity index (χ0n) is 19.3. The first-order valence-electron chi connectivity index (χ1n) is 10.9. The highest BCUT2D eigenvalue weighted by molar-refractivity contribution is 5.63. The highest BCUT2D eigenvalue weighted by atomic mass is 19.4. The predicted octanol–water partition coefficient (Wildman–Crippen LogP) is 6.37. The van der Waals surface area contributed by atoms with E-state index in [0.717, 1.165) is 24.3 Å². The van der Waals surface area contributed by atoms with Crippen LogP contribution in [0.3, 0.4) is 0 Å². The SMILES string of the molecule is CC1Cc2cc(C(O)(C(F)(F)F)C(F)(F)F)ccc2N1Cc1cc(-c2ccc(C(F)(F)F)cc2)nn1C. The van der Waals surface area contributed by atoms with E-state index < -0.39 is 35.3 Å². The average molecular weight is 537 g/mol. The molecule has 2 aromatic carbocycles. The monoisotopic (exact) mass is 537 g/mol. The molecule has 200 valence electrons. The summed E-state index contributed by atoms with van der Waals surface area (Å²) in [6.45, 7) is 1.92. The number of fused-ring (bicyclic) bond motifs is 1. The number of aliphatic hydroxyl groups is 1. The molecule has 4 rings (SSSR count). The van der Waals surface area contributed by atoms with Gasteiger partial charge >= 0.3 is 18.5 Å². The smallest absolute Gasteiger partial charge is 0.369 e. The number of hydrogen-bond acceptors (Lipinski definition) is 3. The van der Waals surface area contributed by atoms with E-state index in [4.69, 9.17) is 0 Å². The number of rotatable bonds is 4. The van der Waals surface area contributed by atoms with Crippen LogP contribution in [-0.4, -0.2) is 33.3 Å². The van der Waals surface area contributed by atoms with Crippen LogP contribution in [0.15, 0.2) is 48.5 Å². The number of alkyl halides is 9. The van der Waals surface area contributed by atoms with Crippen LogP contribution < -0.4 is 4.90 Å². The minimum absolute atomic E-state index is 0.137. The standard InChI is InChI=1S/C24H20F9N3O/c1-13-9-15-10-17(21(37,23(28,29)30)24(31,32)33)7-8-20(15)36(13)12-18-11-19(34-35(18)2)14-3-5-16(6-4-14)22(25,26)27/h3-8,10-11,13,37H,9,12H2,1-2H3. The number of benzene rings is 2. The Kier molecular flexibility index (Phi) is 6.29. The van der Waals surface area contributed by atoms with Crippen LogP contribution in [0.25, 0.3) is 11.3 Å². The van der Waals surface area contributed by atoms with E-state index in [1.165, 1.54) is 16.8 Å². The summed E-state index contributed by atoms with van der Waals surface area (Å²) in [5, 5.41) is 14.0. The van der Waals surface area contributed by atoms with Gasteiger partial charge in [0, 0.05) is 29.9 Å². The van der Waals surface area contributed by atoms with E-state index in [1.54, 1.807) is 24.9 Å². The van der Waals surface area contributed by atoms with Crippen molar-refractivity contribution < 1.29 is 44.6 Å². The molecule has 0 fully saturated rings. The summed E-state index contributed by atoms with van der Waals surface area (Å²) < 4.78 is 120. The molecule has 2 heterocycles. The molecule has 0 radical (unpaired) electrons. The lowest BCUT2D eigenvalue weighted by molar-refractivity contribution is -0.376. The number of aromatic nitrogens is 2. The Hall–Kier alpha value is -3.22. The van der Waals surface area contributed by atoms with Crippen LogP contribution in [0.4, 0.5) is 45.2 Å². The van der Waals surface area contributed by atoms with Gasteiger partial charge in [0.25, 0.3) is 5.60 Å². The van der Waals surface area contributed by atoms with Crippen LogP contribution in [0.1, 0.15) is 29.3 Å². The van der Waals surface area contributed by atoms with E-state index >= 15 is 0 Å². The van der Waals surface area contributed by atoms with Crippen molar-refractivity contribution in [2.24, 2.45) is 7.05 Å². The van der Waals surface area contributed by atoms with E-state index in [2.05, 4.69) is 5.10 Å². The second-order valence-corrected chi connectivity index (χ2v) is 8.95. The van der Waals surface area contributed by atoms with Gasteiger partial charge in [-0.05, 0) is 43.2 Å². The maximum Gasteiger partial charge on any atom is 0.430 e. The molecule has 0 saturated carbocycles.